The van der Waals surface area contributed by atoms with E-state index in [0.717, 1.165) is 6.42 Å². The van der Waals surface area contributed by atoms with Crippen LogP contribution in [0.15, 0.2) is 36.5 Å². The standard InChI is InChI=1S/C23H21ClFN5O3/c24-15-5-1-3-12(20(15)25)6-7-18(31)17-10-13-9-16(13)30(17)19(32)11-29-23-14(4-2-8-27-23)21(28-29)22(26)33/h1-5,8,13,16-17H,6-7,9-11H2,(H2,26,33)/t13-,16-,17+/m1/s1. The summed E-state index contributed by atoms with van der Waals surface area (Å²) in [5.74, 6) is -1.28. The lowest BCUT2D eigenvalue weighted by molar-refractivity contribution is -0.139. The molecule has 3 aromatic rings. The van der Waals surface area contributed by atoms with Gasteiger partial charge in [-0.2, -0.15) is 5.10 Å². The summed E-state index contributed by atoms with van der Waals surface area (Å²) in [6.07, 6.45) is 3.35. The number of fused-ring (bicyclic) bond motifs is 2. The quantitative estimate of drug-likeness (QED) is 0.571. The first-order valence-corrected chi connectivity index (χ1v) is 11.1. The molecule has 2 aliphatic rings. The molecular formula is C23H21ClFN5O3. The number of rotatable bonds is 7. The predicted octanol–water partition coefficient (Wildman–Crippen LogP) is 2.51. The molecule has 3 heterocycles. The van der Waals surface area contributed by atoms with E-state index in [-0.39, 0.29) is 47.8 Å². The van der Waals surface area contributed by atoms with E-state index < -0.39 is 17.8 Å². The van der Waals surface area contributed by atoms with Crippen molar-refractivity contribution in [2.24, 2.45) is 11.7 Å². The second-order valence-corrected chi connectivity index (χ2v) is 8.95. The number of Topliss-reactive ketones (excluding diaryl/α,β-unsaturated/α-hetero) is 1. The Labute approximate surface area is 193 Å². The maximum atomic E-state index is 14.2. The van der Waals surface area contributed by atoms with Crippen molar-refractivity contribution in [3.05, 3.63) is 58.6 Å². The first-order chi connectivity index (χ1) is 15.8. The highest BCUT2D eigenvalue weighted by atomic mass is 35.5. The van der Waals surface area contributed by atoms with Crippen LogP contribution in [0.5, 0.6) is 0 Å². The molecule has 1 aromatic carbocycles. The number of ketones is 1. The Morgan fingerprint density at radius 3 is 2.79 bits per heavy atom. The number of piperidine rings is 1. The molecule has 10 heteroatoms. The molecule has 0 unspecified atom stereocenters. The number of aromatic nitrogens is 3. The van der Waals surface area contributed by atoms with Crippen LogP contribution in [0.3, 0.4) is 0 Å². The SMILES string of the molecule is NC(=O)c1nn(CC(=O)N2[C@@H]3C[C@@H]3C[C@H]2C(=O)CCc2cccc(Cl)c2F)c2ncccc12. The summed E-state index contributed by atoms with van der Waals surface area (Å²) >= 11 is 5.83. The van der Waals surface area contributed by atoms with E-state index in [4.69, 9.17) is 17.3 Å². The Morgan fingerprint density at radius 1 is 1.18 bits per heavy atom. The summed E-state index contributed by atoms with van der Waals surface area (Å²) in [6.45, 7) is -0.156. The summed E-state index contributed by atoms with van der Waals surface area (Å²) in [5, 5.41) is 4.69. The van der Waals surface area contributed by atoms with Crippen LogP contribution in [0.4, 0.5) is 4.39 Å². The van der Waals surface area contributed by atoms with Crippen molar-refractivity contribution in [2.75, 3.05) is 0 Å². The van der Waals surface area contributed by atoms with Gasteiger partial charge in [-0.15, -0.1) is 0 Å². The van der Waals surface area contributed by atoms with Gasteiger partial charge in [0.15, 0.2) is 17.1 Å². The van der Waals surface area contributed by atoms with Gasteiger partial charge in [0.05, 0.1) is 16.5 Å². The minimum atomic E-state index is -0.705. The van der Waals surface area contributed by atoms with Crippen molar-refractivity contribution in [1.82, 2.24) is 19.7 Å². The van der Waals surface area contributed by atoms with Crippen molar-refractivity contribution >= 4 is 40.2 Å². The monoisotopic (exact) mass is 469 g/mol. The molecule has 2 fully saturated rings. The van der Waals surface area contributed by atoms with Gasteiger partial charge in [-0.3, -0.25) is 14.4 Å². The summed E-state index contributed by atoms with van der Waals surface area (Å²) < 4.78 is 15.5. The fraction of sp³-hybridized carbons (Fsp3) is 0.348. The predicted molar refractivity (Wildman–Crippen MR) is 118 cm³/mol. The lowest BCUT2D eigenvalue weighted by Gasteiger charge is -2.27. The van der Waals surface area contributed by atoms with Gasteiger partial charge in [0.1, 0.15) is 12.4 Å². The third-order valence-corrected chi connectivity index (χ3v) is 6.75. The van der Waals surface area contributed by atoms with Crippen molar-refractivity contribution < 1.29 is 18.8 Å². The summed E-state index contributed by atoms with van der Waals surface area (Å²) in [6, 6.07) is 7.53. The van der Waals surface area contributed by atoms with Crippen LogP contribution in [0.1, 0.15) is 35.3 Å². The zero-order valence-corrected chi connectivity index (χ0v) is 18.3. The molecule has 3 atom stereocenters. The van der Waals surface area contributed by atoms with Crippen LogP contribution < -0.4 is 5.73 Å². The third kappa shape index (κ3) is 3.86. The topological polar surface area (TPSA) is 111 Å². The van der Waals surface area contributed by atoms with Crippen LogP contribution in [0, 0.1) is 11.7 Å². The number of likely N-dealkylation sites (tertiary alicyclic amines) is 1. The fourth-order valence-electron chi connectivity index (χ4n) is 4.78. The number of carbonyl (C=O) groups excluding carboxylic acids is 3. The number of nitrogens with zero attached hydrogens (tertiary/aromatic N) is 4. The molecule has 0 bridgehead atoms. The summed E-state index contributed by atoms with van der Waals surface area (Å²) in [7, 11) is 0. The Morgan fingerprint density at radius 2 is 2.00 bits per heavy atom. The maximum absolute atomic E-state index is 14.2. The molecule has 33 heavy (non-hydrogen) atoms. The van der Waals surface area contributed by atoms with Gasteiger partial charge in [0.2, 0.25) is 5.91 Å². The highest BCUT2D eigenvalue weighted by Crippen LogP contribution is 2.48. The first-order valence-electron chi connectivity index (χ1n) is 10.7. The molecule has 8 nitrogen and oxygen atoms in total. The molecule has 0 spiro atoms. The van der Waals surface area contributed by atoms with Crippen LogP contribution >= 0.6 is 11.6 Å². The van der Waals surface area contributed by atoms with E-state index in [2.05, 4.69) is 10.1 Å². The first kappa shape index (κ1) is 21.5. The maximum Gasteiger partial charge on any atom is 0.269 e. The summed E-state index contributed by atoms with van der Waals surface area (Å²) in [5.41, 5.74) is 6.23. The van der Waals surface area contributed by atoms with E-state index in [1.54, 1.807) is 35.4 Å². The average molecular weight is 470 g/mol. The minimum Gasteiger partial charge on any atom is -0.364 e. The minimum absolute atomic E-state index is 0.0225. The average Bonchev–Trinajstić information content (AvgIpc) is 3.30. The van der Waals surface area contributed by atoms with Gasteiger partial charge in [0, 0.05) is 18.7 Å². The Kier molecular flexibility index (Phi) is 5.36. The molecule has 1 saturated heterocycles. The van der Waals surface area contributed by atoms with Crippen molar-refractivity contribution in [1.29, 1.82) is 0 Å². The van der Waals surface area contributed by atoms with Gasteiger partial charge in [0.25, 0.3) is 5.91 Å². The van der Waals surface area contributed by atoms with E-state index >= 15 is 0 Å². The van der Waals surface area contributed by atoms with Crippen LogP contribution in [-0.2, 0) is 22.6 Å². The number of benzene rings is 1. The number of amides is 2. The van der Waals surface area contributed by atoms with Crippen LogP contribution in [0.25, 0.3) is 11.0 Å². The van der Waals surface area contributed by atoms with Crippen molar-refractivity contribution in [3.8, 4) is 0 Å². The van der Waals surface area contributed by atoms with Crippen molar-refractivity contribution in [3.63, 3.8) is 0 Å². The number of aryl methyl sites for hydroxylation is 1. The lowest BCUT2D eigenvalue weighted by Crippen LogP contribution is -2.44. The Hall–Kier alpha value is -3.33. The van der Waals surface area contributed by atoms with Gasteiger partial charge < -0.3 is 10.6 Å². The molecule has 2 amide bonds. The highest BCUT2D eigenvalue weighted by Gasteiger charge is 2.55. The van der Waals surface area contributed by atoms with Crippen LogP contribution in [-0.4, -0.2) is 49.3 Å². The third-order valence-electron chi connectivity index (χ3n) is 6.46. The summed E-state index contributed by atoms with van der Waals surface area (Å²) in [4.78, 5) is 43.9. The van der Waals surface area contributed by atoms with Gasteiger partial charge >= 0.3 is 0 Å². The van der Waals surface area contributed by atoms with Gasteiger partial charge in [-0.05, 0) is 48.9 Å². The lowest BCUT2D eigenvalue weighted by atomic mass is 10.00. The zero-order chi connectivity index (χ0) is 23.3. The molecule has 1 aliphatic heterocycles. The second-order valence-electron chi connectivity index (χ2n) is 8.54. The number of hydrogen-bond donors (Lipinski definition) is 1. The molecule has 170 valence electrons. The normalized spacial score (nSPS) is 21.3. The van der Waals surface area contributed by atoms with Gasteiger partial charge in [-0.25, -0.2) is 14.1 Å². The number of primary amides is 1. The molecule has 1 aliphatic carbocycles. The number of halogens is 2. The number of nitrogens with two attached hydrogens (primary N) is 1. The van der Waals surface area contributed by atoms with Gasteiger partial charge in [-0.1, -0.05) is 23.7 Å². The second kappa shape index (κ2) is 8.22. The molecule has 2 N–H and O–H groups in total. The highest BCUT2D eigenvalue weighted by molar-refractivity contribution is 6.30. The van der Waals surface area contributed by atoms with E-state index in [9.17, 15) is 18.8 Å². The number of carbonyl (C=O) groups is 3. The Balaban J connectivity index is 1.33. The molecule has 1 saturated carbocycles. The number of hydrogen-bond acceptors (Lipinski definition) is 5. The molecule has 0 radical (unpaired) electrons. The van der Waals surface area contributed by atoms with E-state index in [1.165, 1.54) is 10.7 Å². The molecule has 5 rings (SSSR count). The van der Waals surface area contributed by atoms with Crippen molar-refractivity contribution in [2.45, 2.75) is 44.3 Å². The van der Waals surface area contributed by atoms with E-state index in [1.807, 2.05) is 0 Å². The molecular weight excluding hydrogens is 449 g/mol. The number of pyridine rings is 1. The zero-order valence-electron chi connectivity index (χ0n) is 17.6. The van der Waals surface area contributed by atoms with E-state index in [0.29, 0.717) is 28.9 Å². The molecule has 2 aromatic heterocycles. The van der Waals surface area contributed by atoms with Crippen LogP contribution in [0.2, 0.25) is 5.02 Å². The Bertz CT molecular complexity index is 1290. The fourth-order valence-corrected chi connectivity index (χ4v) is 4.97. The smallest absolute Gasteiger partial charge is 0.269 e. The largest absolute Gasteiger partial charge is 0.364 e.